The molecular weight excluding hydrogens is 382 g/mol. The number of carbonyl (C=O) groups excluding carboxylic acids is 1. The monoisotopic (exact) mass is 409 g/mol. The van der Waals surface area contributed by atoms with Crippen LogP contribution in [0.3, 0.4) is 0 Å². The van der Waals surface area contributed by atoms with Crippen molar-refractivity contribution < 1.29 is 14.3 Å². The summed E-state index contributed by atoms with van der Waals surface area (Å²) in [6, 6.07) is 4.70. The van der Waals surface area contributed by atoms with Crippen LogP contribution in [0.5, 0.6) is 0 Å². The van der Waals surface area contributed by atoms with Gasteiger partial charge in [0.25, 0.3) is 0 Å². The maximum absolute atomic E-state index is 11.7. The van der Waals surface area contributed by atoms with Gasteiger partial charge in [-0.05, 0) is 37.8 Å². The van der Waals surface area contributed by atoms with Gasteiger partial charge in [-0.2, -0.15) is 0 Å². The molecule has 2 fully saturated rings. The molecule has 8 nitrogen and oxygen atoms in total. The van der Waals surface area contributed by atoms with E-state index < -0.39 is 6.09 Å². The van der Waals surface area contributed by atoms with E-state index in [4.69, 9.17) is 15.9 Å². The van der Waals surface area contributed by atoms with Gasteiger partial charge in [0.1, 0.15) is 5.52 Å². The van der Waals surface area contributed by atoms with Crippen LogP contribution in [0.15, 0.2) is 24.5 Å². The fraction of sp³-hybridized carbons (Fsp3) is 0.500. The number of hydrogen-bond donors (Lipinski definition) is 2. The minimum atomic E-state index is -0.441. The number of nitrogens with zero attached hydrogens (tertiary/aromatic N) is 3. The first-order valence-corrected chi connectivity index (χ1v) is 10.4. The predicted molar refractivity (Wildman–Crippen MR) is 116 cm³/mol. The number of amides is 1. The Morgan fingerprint density at radius 1 is 1.17 bits per heavy atom. The van der Waals surface area contributed by atoms with E-state index in [1.807, 2.05) is 0 Å². The number of morpholine rings is 1. The van der Waals surface area contributed by atoms with Gasteiger partial charge in [0, 0.05) is 43.3 Å². The van der Waals surface area contributed by atoms with E-state index >= 15 is 0 Å². The van der Waals surface area contributed by atoms with E-state index in [-0.39, 0.29) is 12.6 Å². The van der Waals surface area contributed by atoms with Gasteiger partial charge in [0.05, 0.1) is 24.4 Å². The topological polar surface area (TPSA) is 88.6 Å². The number of nitrogens with one attached hydrogen (secondary N) is 2. The zero-order valence-electron chi connectivity index (χ0n) is 17.0. The first-order valence-electron chi connectivity index (χ1n) is 10.4. The van der Waals surface area contributed by atoms with Crippen molar-refractivity contribution in [2.75, 3.05) is 43.1 Å². The molecule has 1 amide bonds. The molecule has 0 radical (unpaired) electrons. The van der Waals surface area contributed by atoms with Crippen LogP contribution in [0.4, 0.5) is 16.2 Å². The summed E-state index contributed by atoms with van der Waals surface area (Å²) in [4.78, 5) is 23.1. The number of anilines is 2. The lowest BCUT2D eigenvalue weighted by Crippen LogP contribution is -2.40. The van der Waals surface area contributed by atoms with Crippen LogP contribution >= 0.6 is 0 Å². The van der Waals surface area contributed by atoms with Crippen LogP contribution in [-0.4, -0.2) is 61.1 Å². The van der Waals surface area contributed by atoms with Crippen molar-refractivity contribution >= 4 is 28.5 Å². The molecule has 1 aromatic carbocycles. The molecule has 1 aliphatic heterocycles. The number of carbonyl (C=O) groups is 1. The second kappa shape index (κ2) is 9.63. The molecular formula is C22H27N5O3. The summed E-state index contributed by atoms with van der Waals surface area (Å²) in [6.07, 6.45) is 11.8. The predicted octanol–water partition coefficient (Wildman–Crippen LogP) is 2.55. The summed E-state index contributed by atoms with van der Waals surface area (Å²) in [5, 5.41) is 6.58. The largest absolute Gasteiger partial charge is 0.436 e. The molecule has 4 rings (SSSR count). The van der Waals surface area contributed by atoms with Crippen LogP contribution in [0.25, 0.3) is 11.0 Å². The standard InChI is InChI=1S/C22H27N5O3/c1-2-11-30-22(28)26-17-5-3-16(4-6-17)25-20-15-18(27-9-12-29-13-10-27)14-19-21(20)24-8-7-23-19/h1,7-8,14-17,25H,3-6,9-13H2,(H,26,28)/t16-,17+. The van der Waals surface area contributed by atoms with Gasteiger partial charge in [-0.3, -0.25) is 9.97 Å². The van der Waals surface area contributed by atoms with Gasteiger partial charge in [0.15, 0.2) is 6.61 Å². The molecule has 158 valence electrons. The van der Waals surface area contributed by atoms with Crippen molar-refractivity contribution in [1.29, 1.82) is 0 Å². The summed E-state index contributed by atoms with van der Waals surface area (Å²) in [5.74, 6) is 2.30. The molecule has 0 atom stereocenters. The molecule has 1 saturated heterocycles. The lowest BCUT2D eigenvalue weighted by molar-refractivity contribution is 0.122. The van der Waals surface area contributed by atoms with Crippen molar-refractivity contribution in [2.45, 2.75) is 37.8 Å². The van der Waals surface area contributed by atoms with Crippen LogP contribution in [0, 0.1) is 12.3 Å². The molecule has 0 unspecified atom stereocenters. The first-order chi connectivity index (χ1) is 14.7. The summed E-state index contributed by atoms with van der Waals surface area (Å²) in [5.41, 5.74) is 3.91. The first kappa shape index (κ1) is 20.2. The van der Waals surface area contributed by atoms with Crippen molar-refractivity contribution in [3.05, 3.63) is 24.5 Å². The highest BCUT2D eigenvalue weighted by molar-refractivity contribution is 5.91. The third kappa shape index (κ3) is 4.92. The van der Waals surface area contributed by atoms with E-state index in [1.165, 1.54) is 0 Å². The third-order valence-electron chi connectivity index (χ3n) is 5.63. The second-order valence-electron chi connectivity index (χ2n) is 7.63. The van der Waals surface area contributed by atoms with Crippen LogP contribution in [0.2, 0.25) is 0 Å². The minimum absolute atomic E-state index is 0.00364. The lowest BCUT2D eigenvalue weighted by Gasteiger charge is -2.32. The molecule has 2 aromatic rings. The highest BCUT2D eigenvalue weighted by Crippen LogP contribution is 2.31. The molecule has 0 spiro atoms. The van der Waals surface area contributed by atoms with Crippen LogP contribution in [0.1, 0.15) is 25.7 Å². The summed E-state index contributed by atoms with van der Waals surface area (Å²) >= 11 is 0. The Morgan fingerprint density at radius 3 is 2.67 bits per heavy atom. The Morgan fingerprint density at radius 2 is 1.90 bits per heavy atom. The average molecular weight is 409 g/mol. The number of terminal acetylenes is 1. The number of benzene rings is 1. The van der Waals surface area contributed by atoms with Crippen molar-refractivity contribution in [2.24, 2.45) is 0 Å². The molecule has 1 aromatic heterocycles. The maximum atomic E-state index is 11.7. The van der Waals surface area contributed by atoms with Gasteiger partial charge in [-0.15, -0.1) is 6.42 Å². The Balaban J connectivity index is 1.42. The minimum Gasteiger partial charge on any atom is -0.436 e. The molecule has 8 heteroatoms. The van der Waals surface area contributed by atoms with Gasteiger partial charge >= 0.3 is 6.09 Å². The number of rotatable bonds is 5. The van der Waals surface area contributed by atoms with Crippen molar-refractivity contribution in [3.8, 4) is 12.3 Å². The quantitative estimate of drug-likeness (QED) is 0.734. The van der Waals surface area contributed by atoms with E-state index in [2.05, 4.69) is 43.6 Å². The SMILES string of the molecule is C#CCOC(=O)N[C@H]1CC[C@@H](Nc2cc(N3CCOCC3)cc3nccnc23)CC1. The normalized spacial score (nSPS) is 21.6. The Bertz CT molecular complexity index is 915. The molecule has 2 heterocycles. The molecule has 1 aliphatic carbocycles. The van der Waals surface area contributed by atoms with E-state index in [0.29, 0.717) is 6.04 Å². The van der Waals surface area contributed by atoms with Crippen LogP contribution < -0.4 is 15.5 Å². The zero-order chi connectivity index (χ0) is 20.8. The number of aromatic nitrogens is 2. The van der Waals surface area contributed by atoms with Gasteiger partial charge < -0.3 is 25.0 Å². The second-order valence-corrected chi connectivity index (χ2v) is 7.63. The van der Waals surface area contributed by atoms with Gasteiger partial charge in [0.2, 0.25) is 0 Å². The lowest BCUT2D eigenvalue weighted by atomic mass is 9.91. The third-order valence-corrected chi connectivity index (χ3v) is 5.63. The number of ether oxygens (including phenoxy) is 2. The molecule has 2 N–H and O–H groups in total. The molecule has 30 heavy (non-hydrogen) atoms. The highest BCUT2D eigenvalue weighted by atomic mass is 16.5. The fourth-order valence-corrected chi connectivity index (χ4v) is 4.09. The summed E-state index contributed by atoms with van der Waals surface area (Å²) in [6.45, 7) is 3.22. The Hall–Kier alpha value is -3.05. The molecule has 1 saturated carbocycles. The molecule has 2 aliphatic rings. The maximum Gasteiger partial charge on any atom is 0.408 e. The number of alkyl carbamates (subject to hydrolysis) is 1. The Kier molecular flexibility index (Phi) is 6.50. The number of fused-ring (bicyclic) bond motifs is 1. The van der Waals surface area contributed by atoms with Crippen LogP contribution in [-0.2, 0) is 9.47 Å². The summed E-state index contributed by atoms with van der Waals surface area (Å²) < 4.78 is 10.4. The fourth-order valence-electron chi connectivity index (χ4n) is 4.09. The average Bonchev–Trinajstić information content (AvgIpc) is 2.79. The van der Waals surface area contributed by atoms with E-state index in [0.717, 1.165) is 74.4 Å². The van der Waals surface area contributed by atoms with Crippen molar-refractivity contribution in [1.82, 2.24) is 15.3 Å². The van der Waals surface area contributed by atoms with E-state index in [1.54, 1.807) is 12.4 Å². The zero-order valence-corrected chi connectivity index (χ0v) is 17.0. The highest BCUT2D eigenvalue weighted by Gasteiger charge is 2.24. The van der Waals surface area contributed by atoms with Crippen molar-refractivity contribution in [3.63, 3.8) is 0 Å². The Labute approximate surface area is 176 Å². The van der Waals surface area contributed by atoms with Gasteiger partial charge in [-0.1, -0.05) is 5.92 Å². The number of hydrogen-bond acceptors (Lipinski definition) is 7. The smallest absolute Gasteiger partial charge is 0.408 e. The molecule has 0 bridgehead atoms. The summed E-state index contributed by atoms with van der Waals surface area (Å²) in [7, 11) is 0. The van der Waals surface area contributed by atoms with Gasteiger partial charge in [-0.25, -0.2) is 4.79 Å². The van der Waals surface area contributed by atoms with E-state index in [9.17, 15) is 4.79 Å².